The zero-order valence-electron chi connectivity index (χ0n) is 15.7. The summed E-state index contributed by atoms with van der Waals surface area (Å²) in [5, 5.41) is 1.09. The number of H-pyrrole nitrogens is 1. The van der Waals surface area contributed by atoms with Gasteiger partial charge in [0.25, 0.3) is 11.8 Å². The first-order valence-electron chi connectivity index (χ1n) is 9.09. The van der Waals surface area contributed by atoms with Crippen LogP contribution in [0.3, 0.4) is 0 Å². The van der Waals surface area contributed by atoms with Crippen molar-refractivity contribution in [2.45, 2.75) is 6.61 Å². The fourth-order valence-electron chi connectivity index (χ4n) is 2.75. The Hall–Kier alpha value is -3.36. The molecule has 1 fully saturated rings. The van der Waals surface area contributed by atoms with Crippen LogP contribution >= 0.6 is 24.0 Å². The number of nitrogens with zero attached hydrogens (tertiary/aromatic N) is 1. The molecule has 0 saturated carbocycles. The SMILES string of the molecule is O=C(NN1C(=O)C(=Cc2ccc[nH]2)SC1=S)c1ccc(OCc2ccccc2)cc1. The summed E-state index contributed by atoms with van der Waals surface area (Å²) in [5.74, 6) is -0.146. The third-order valence-corrected chi connectivity index (χ3v) is 5.58. The molecule has 4 rings (SSSR count). The van der Waals surface area contributed by atoms with Gasteiger partial charge in [0.2, 0.25) is 0 Å². The normalized spacial score (nSPS) is 14.9. The second kappa shape index (κ2) is 8.98. The maximum Gasteiger partial charge on any atom is 0.285 e. The number of carbonyl (C=O) groups excluding carboxylic acids is 2. The first-order valence-corrected chi connectivity index (χ1v) is 10.3. The second-order valence-corrected chi connectivity index (χ2v) is 8.06. The summed E-state index contributed by atoms with van der Waals surface area (Å²) in [4.78, 5) is 28.6. The Labute approximate surface area is 182 Å². The predicted octanol–water partition coefficient (Wildman–Crippen LogP) is 4.14. The molecule has 150 valence electrons. The van der Waals surface area contributed by atoms with E-state index >= 15 is 0 Å². The maximum atomic E-state index is 12.6. The minimum Gasteiger partial charge on any atom is -0.489 e. The van der Waals surface area contributed by atoms with Crippen LogP contribution in [0.25, 0.3) is 6.08 Å². The highest BCUT2D eigenvalue weighted by molar-refractivity contribution is 8.26. The van der Waals surface area contributed by atoms with Crippen LogP contribution in [-0.2, 0) is 11.4 Å². The fourth-order valence-corrected chi connectivity index (χ4v) is 3.92. The number of carbonyl (C=O) groups is 2. The van der Waals surface area contributed by atoms with Gasteiger partial charge >= 0.3 is 0 Å². The molecule has 8 heteroatoms. The zero-order chi connectivity index (χ0) is 20.9. The molecule has 0 bridgehead atoms. The quantitative estimate of drug-likeness (QED) is 0.450. The van der Waals surface area contributed by atoms with E-state index in [0.29, 0.717) is 22.8 Å². The van der Waals surface area contributed by atoms with Gasteiger partial charge in [0.1, 0.15) is 12.4 Å². The average molecular weight is 436 g/mol. The van der Waals surface area contributed by atoms with Crippen molar-refractivity contribution in [3.05, 3.63) is 94.7 Å². The van der Waals surface area contributed by atoms with Gasteiger partial charge in [-0.1, -0.05) is 42.1 Å². The van der Waals surface area contributed by atoms with E-state index < -0.39 is 5.91 Å². The Morgan fingerprint density at radius 3 is 2.57 bits per heavy atom. The lowest BCUT2D eigenvalue weighted by atomic mass is 10.2. The molecule has 0 unspecified atom stereocenters. The fraction of sp³-hybridized carbons (Fsp3) is 0.0455. The number of thiocarbonyl (C=S) groups is 1. The van der Waals surface area contributed by atoms with Crippen LogP contribution < -0.4 is 10.2 Å². The smallest absolute Gasteiger partial charge is 0.285 e. The molecule has 2 amide bonds. The highest BCUT2D eigenvalue weighted by atomic mass is 32.2. The third kappa shape index (κ3) is 4.61. The van der Waals surface area contributed by atoms with Crippen molar-refractivity contribution in [3.63, 3.8) is 0 Å². The van der Waals surface area contributed by atoms with Gasteiger partial charge in [-0.25, -0.2) is 0 Å². The summed E-state index contributed by atoms with van der Waals surface area (Å²) >= 11 is 6.38. The van der Waals surface area contributed by atoms with E-state index in [-0.39, 0.29) is 10.2 Å². The molecule has 0 spiro atoms. The van der Waals surface area contributed by atoms with Crippen molar-refractivity contribution >= 4 is 46.2 Å². The lowest BCUT2D eigenvalue weighted by Gasteiger charge is -2.15. The van der Waals surface area contributed by atoms with Gasteiger partial charge < -0.3 is 9.72 Å². The van der Waals surface area contributed by atoms with E-state index in [9.17, 15) is 9.59 Å². The number of rotatable bonds is 6. The van der Waals surface area contributed by atoms with Crippen molar-refractivity contribution in [1.82, 2.24) is 15.4 Å². The molecular formula is C22H17N3O3S2. The highest BCUT2D eigenvalue weighted by Crippen LogP contribution is 2.31. The summed E-state index contributed by atoms with van der Waals surface area (Å²) < 4.78 is 6.00. The molecule has 0 atom stereocenters. The number of ether oxygens (including phenoxy) is 1. The van der Waals surface area contributed by atoms with Crippen LogP contribution in [0.4, 0.5) is 0 Å². The van der Waals surface area contributed by atoms with Crippen molar-refractivity contribution in [3.8, 4) is 5.75 Å². The largest absolute Gasteiger partial charge is 0.489 e. The molecule has 1 aliphatic rings. The third-order valence-electron chi connectivity index (χ3n) is 4.28. The van der Waals surface area contributed by atoms with Crippen molar-refractivity contribution in [2.24, 2.45) is 0 Å². The Kier molecular flexibility index (Phi) is 5.97. The van der Waals surface area contributed by atoms with E-state index in [1.54, 1.807) is 36.5 Å². The monoisotopic (exact) mass is 435 g/mol. The average Bonchev–Trinajstić information content (AvgIpc) is 3.37. The van der Waals surface area contributed by atoms with Gasteiger partial charge in [0, 0.05) is 17.5 Å². The summed E-state index contributed by atoms with van der Waals surface area (Å²) in [6.45, 7) is 0.441. The number of benzene rings is 2. The minimum absolute atomic E-state index is 0.272. The van der Waals surface area contributed by atoms with Crippen LogP contribution in [0.5, 0.6) is 5.75 Å². The van der Waals surface area contributed by atoms with Gasteiger partial charge in [0.05, 0.1) is 4.91 Å². The summed E-state index contributed by atoms with van der Waals surface area (Å²) in [6.07, 6.45) is 3.46. The molecule has 0 radical (unpaired) electrons. The highest BCUT2D eigenvalue weighted by Gasteiger charge is 2.33. The number of hydrogen-bond acceptors (Lipinski definition) is 5. The first kappa shape index (κ1) is 19.9. The van der Waals surface area contributed by atoms with Gasteiger partial charge in [-0.2, -0.15) is 5.01 Å². The molecule has 6 nitrogen and oxygen atoms in total. The van der Waals surface area contributed by atoms with E-state index in [1.165, 1.54) is 0 Å². The lowest BCUT2D eigenvalue weighted by Crippen LogP contribution is -2.44. The predicted molar refractivity (Wildman–Crippen MR) is 120 cm³/mol. The molecule has 3 aromatic rings. The van der Waals surface area contributed by atoms with Gasteiger partial charge in [0.15, 0.2) is 4.32 Å². The topological polar surface area (TPSA) is 74.4 Å². The first-order chi connectivity index (χ1) is 14.6. The Balaban J connectivity index is 1.37. The molecule has 1 aliphatic heterocycles. The number of amides is 2. The minimum atomic E-state index is -0.429. The van der Waals surface area contributed by atoms with Crippen LogP contribution in [0, 0.1) is 0 Å². The summed E-state index contributed by atoms with van der Waals surface area (Å²) in [6, 6.07) is 20.2. The number of aromatic amines is 1. The van der Waals surface area contributed by atoms with Crippen molar-refractivity contribution in [2.75, 3.05) is 0 Å². The summed E-state index contributed by atoms with van der Waals surface area (Å²) in [5.41, 5.74) is 4.81. The number of hydrazine groups is 1. The Morgan fingerprint density at radius 1 is 1.10 bits per heavy atom. The molecule has 0 aliphatic carbocycles. The second-order valence-electron chi connectivity index (χ2n) is 6.38. The van der Waals surface area contributed by atoms with Gasteiger partial charge in [-0.05, 0) is 60.3 Å². The zero-order valence-corrected chi connectivity index (χ0v) is 17.3. The van der Waals surface area contributed by atoms with E-state index in [0.717, 1.165) is 28.0 Å². The maximum absolute atomic E-state index is 12.6. The number of aromatic nitrogens is 1. The van der Waals surface area contributed by atoms with E-state index in [4.69, 9.17) is 17.0 Å². The molecule has 1 aromatic heterocycles. The van der Waals surface area contributed by atoms with Gasteiger partial charge in [-0.15, -0.1) is 0 Å². The molecule has 2 heterocycles. The number of hydrogen-bond donors (Lipinski definition) is 2. The molecule has 1 saturated heterocycles. The Morgan fingerprint density at radius 2 is 1.87 bits per heavy atom. The van der Waals surface area contributed by atoms with E-state index in [1.807, 2.05) is 42.5 Å². The molecular weight excluding hydrogens is 418 g/mol. The van der Waals surface area contributed by atoms with Crippen LogP contribution in [-0.4, -0.2) is 26.1 Å². The van der Waals surface area contributed by atoms with E-state index in [2.05, 4.69) is 10.4 Å². The van der Waals surface area contributed by atoms with Crippen molar-refractivity contribution < 1.29 is 14.3 Å². The van der Waals surface area contributed by atoms with Crippen LogP contribution in [0.1, 0.15) is 21.6 Å². The van der Waals surface area contributed by atoms with Crippen molar-refractivity contribution in [1.29, 1.82) is 0 Å². The lowest BCUT2D eigenvalue weighted by molar-refractivity contribution is -0.123. The number of nitrogens with one attached hydrogen (secondary N) is 2. The molecule has 2 N–H and O–H groups in total. The van der Waals surface area contributed by atoms with Gasteiger partial charge in [-0.3, -0.25) is 15.0 Å². The van der Waals surface area contributed by atoms with Crippen LogP contribution in [0.15, 0.2) is 77.8 Å². The molecule has 30 heavy (non-hydrogen) atoms. The van der Waals surface area contributed by atoms with Crippen LogP contribution in [0.2, 0.25) is 0 Å². The number of thioether (sulfide) groups is 1. The standard InChI is InChI=1S/C22H17N3O3S2/c26-20(16-8-10-18(11-9-16)28-14-15-5-2-1-3-6-15)24-25-21(27)19(30-22(25)29)13-17-7-4-12-23-17/h1-13,23H,14H2,(H,24,26). The molecule has 2 aromatic carbocycles. The summed E-state index contributed by atoms with van der Waals surface area (Å²) in [7, 11) is 0. The Bertz CT molecular complexity index is 1090.